The first-order chi connectivity index (χ1) is 13.1. The second kappa shape index (κ2) is 6.47. The number of nitrogens with two attached hydrogens (primary N) is 1. The molecule has 28 heavy (non-hydrogen) atoms. The van der Waals surface area contributed by atoms with Crippen molar-refractivity contribution in [3.05, 3.63) is 29.6 Å². The standard InChI is InChI=1S/C20H26F3N5/c1-10(2)28-17(18-13-6-12(27(3)4)7-14(13)18)8-16(26-28)11-5-15(20(21,22)23)19(24)25-9-11/h5,8-10,12-14,18H,6-7H2,1-4H3,(H2,24,25)/t12?,13-,14+,18+. The number of nitrogens with zero attached hydrogens (tertiary/aromatic N) is 4. The highest BCUT2D eigenvalue weighted by Gasteiger charge is 2.58. The minimum atomic E-state index is -4.54. The van der Waals surface area contributed by atoms with E-state index in [1.165, 1.54) is 19.0 Å². The predicted octanol–water partition coefficient (Wildman–Crippen LogP) is 4.18. The second-order valence-electron chi connectivity index (χ2n) is 8.59. The first-order valence-corrected chi connectivity index (χ1v) is 9.67. The molecule has 0 aliphatic heterocycles. The molecule has 0 bridgehead atoms. The maximum atomic E-state index is 13.2. The molecule has 0 saturated heterocycles. The monoisotopic (exact) mass is 393 g/mol. The Balaban J connectivity index is 1.66. The van der Waals surface area contributed by atoms with Crippen LogP contribution in [0.2, 0.25) is 0 Å². The van der Waals surface area contributed by atoms with E-state index in [1.54, 1.807) is 0 Å². The van der Waals surface area contributed by atoms with Gasteiger partial charge in [0.2, 0.25) is 0 Å². The minimum Gasteiger partial charge on any atom is -0.383 e. The number of halogens is 3. The van der Waals surface area contributed by atoms with Gasteiger partial charge in [-0.25, -0.2) is 4.98 Å². The van der Waals surface area contributed by atoms with Gasteiger partial charge in [-0.2, -0.15) is 18.3 Å². The fourth-order valence-corrected chi connectivity index (χ4v) is 4.73. The van der Waals surface area contributed by atoms with Crippen LogP contribution in [-0.4, -0.2) is 39.8 Å². The third-order valence-corrected chi connectivity index (χ3v) is 6.27. The second-order valence-corrected chi connectivity index (χ2v) is 8.59. The van der Waals surface area contributed by atoms with Crippen molar-refractivity contribution in [3.8, 4) is 11.3 Å². The highest BCUT2D eigenvalue weighted by Crippen LogP contribution is 2.64. The Kier molecular flexibility index (Phi) is 4.45. The Morgan fingerprint density at radius 3 is 2.36 bits per heavy atom. The maximum absolute atomic E-state index is 13.2. The Hall–Kier alpha value is -2.09. The van der Waals surface area contributed by atoms with E-state index in [0.29, 0.717) is 35.1 Å². The van der Waals surface area contributed by atoms with Crippen LogP contribution in [0.15, 0.2) is 18.3 Å². The molecule has 0 spiro atoms. The zero-order chi connectivity index (χ0) is 20.4. The smallest absolute Gasteiger partial charge is 0.383 e. The van der Waals surface area contributed by atoms with Crippen molar-refractivity contribution < 1.29 is 13.2 Å². The van der Waals surface area contributed by atoms with Crippen molar-refractivity contribution in [1.82, 2.24) is 19.7 Å². The highest BCUT2D eigenvalue weighted by atomic mass is 19.4. The lowest BCUT2D eigenvalue weighted by atomic mass is 10.0. The summed E-state index contributed by atoms with van der Waals surface area (Å²) < 4.78 is 41.6. The lowest BCUT2D eigenvalue weighted by Crippen LogP contribution is -2.26. The molecule has 0 radical (unpaired) electrons. The zero-order valence-electron chi connectivity index (χ0n) is 16.5. The summed E-state index contributed by atoms with van der Waals surface area (Å²) in [5.74, 6) is 1.23. The number of nitrogen functional groups attached to an aromatic ring is 1. The summed E-state index contributed by atoms with van der Waals surface area (Å²) in [7, 11) is 4.24. The normalized spacial score (nSPS) is 26.9. The summed E-state index contributed by atoms with van der Waals surface area (Å²) in [5.41, 5.74) is 6.52. The Morgan fingerprint density at radius 1 is 1.18 bits per heavy atom. The highest BCUT2D eigenvalue weighted by molar-refractivity contribution is 5.63. The van der Waals surface area contributed by atoms with Crippen molar-refractivity contribution in [3.63, 3.8) is 0 Å². The molecule has 152 valence electrons. The number of hydrogen-bond donors (Lipinski definition) is 1. The number of hydrogen-bond acceptors (Lipinski definition) is 4. The molecular formula is C20H26F3N5. The van der Waals surface area contributed by atoms with Gasteiger partial charge in [0.05, 0.1) is 11.3 Å². The predicted molar refractivity (Wildman–Crippen MR) is 102 cm³/mol. The van der Waals surface area contributed by atoms with Crippen LogP contribution >= 0.6 is 0 Å². The Bertz CT molecular complexity index is 874. The molecule has 2 aliphatic rings. The molecule has 1 unspecified atom stereocenters. The SMILES string of the molecule is CC(C)n1nc(-c2cnc(N)c(C(F)(F)F)c2)cc1[C@H]1[C@@H]2CC(N(C)C)C[C@@H]21. The first-order valence-electron chi connectivity index (χ1n) is 9.67. The summed E-state index contributed by atoms with van der Waals surface area (Å²) in [5, 5.41) is 4.63. The third-order valence-electron chi connectivity index (χ3n) is 6.27. The maximum Gasteiger partial charge on any atom is 0.419 e. The zero-order valence-corrected chi connectivity index (χ0v) is 16.5. The van der Waals surface area contributed by atoms with E-state index in [1.807, 2.05) is 24.6 Å². The van der Waals surface area contributed by atoms with Gasteiger partial charge in [0.15, 0.2) is 0 Å². The van der Waals surface area contributed by atoms with E-state index in [9.17, 15) is 13.2 Å². The molecule has 2 saturated carbocycles. The minimum absolute atomic E-state index is 0.138. The van der Waals surface area contributed by atoms with Crippen LogP contribution in [0.25, 0.3) is 11.3 Å². The van der Waals surface area contributed by atoms with Gasteiger partial charge in [0, 0.05) is 35.5 Å². The quantitative estimate of drug-likeness (QED) is 0.847. The average Bonchev–Trinajstić information content (AvgIpc) is 2.99. The molecule has 8 heteroatoms. The van der Waals surface area contributed by atoms with Crippen LogP contribution in [0, 0.1) is 11.8 Å². The number of rotatable bonds is 4. The van der Waals surface area contributed by atoms with Crippen molar-refractivity contribution >= 4 is 5.82 Å². The van der Waals surface area contributed by atoms with Gasteiger partial charge < -0.3 is 10.6 Å². The van der Waals surface area contributed by atoms with E-state index in [2.05, 4.69) is 29.1 Å². The molecule has 2 heterocycles. The van der Waals surface area contributed by atoms with Crippen LogP contribution < -0.4 is 5.73 Å². The molecular weight excluding hydrogens is 367 g/mol. The number of fused-ring (bicyclic) bond motifs is 1. The van der Waals surface area contributed by atoms with Gasteiger partial charge in [-0.15, -0.1) is 0 Å². The lowest BCUT2D eigenvalue weighted by molar-refractivity contribution is -0.137. The summed E-state index contributed by atoms with van der Waals surface area (Å²) in [6.07, 6.45) is -0.826. The first kappa shape index (κ1) is 19.2. The molecule has 2 fully saturated rings. The van der Waals surface area contributed by atoms with Crippen molar-refractivity contribution in [2.75, 3.05) is 19.8 Å². The molecule has 4 atom stereocenters. The van der Waals surface area contributed by atoms with Gasteiger partial charge in [-0.05, 0) is 64.8 Å². The summed E-state index contributed by atoms with van der Waals surface area (Å²) in [4.78, 5) is 6.04. The van der Waals surface area contributed by atoms with Crippen LogP contribution in [0.4, 0.5) is 19.0 Å². The summed E-state index contributed by atoms with van der Waals surface area (Å²) in [6, 6.07) is 3.76. The van der Waals surface area contributed by atoms with E-state index in [0.717, 1.165) is 11.8 Å². The molecule has 0 aromatic carbocycles. The molecule has 5 nitrogen and oxygen atoms in total. The third kappa shape index (κ3) is 3.17. The average molecular weight is 393 g/mol. The molecule has 2 N–H and O–H groups in total. The van der Waals surface area contributed by atoms with Gasteiger partial charge in [0.25, 0.3) is 0 Å². The van der Waals surface area contributed by atoms with E-state index in [4.69, 9.17) is 5.73 Å². The topological polar surface area (TPSA) is 60.0 Å². The molecule has 4 rings (SSSR count). The summed E-state index contributed by atoms with van der Waals surface area (Å²) in [6.45, 7) is 4.09. The van der Waals surface area contributed by atoms with Crippen molar-refractivity contribution in [1.29, 1.82) is 0 Å². The van der Waals surface area contributed by atoms with Crippen LogP contribution in [0.1, 0.15) is 49.9 Å². The van der Waals surface area contributed by atoms with Crippen molar-refractivity contribution in [2.24, 2.45) is 11.8 Å². The van der Waals surface area contributed by atoms with Gasteiger partial charge in [-0.1, -0.05) is 0 Å². The van der Waals surface area contributed by atoms with Gasteiger partial charge in [-0.3, -0.25) is 4.68 Å². The molecule has 2 aromatic rings. The number of alkyl halides is 3. The Morgan fingerprint density at radius 2 is 1.82 bits per heavy atom. The van der Waals surface area contributed by atoms with Crippen LogP contribution in [0.5, 0.6) is 0 Å². The molecule has 0 amide bonds. The number of pyridine rings is 1. The molecule has 2 aromatic heterocycles. The number of anilines is 1. The fourth-order valence-electron chi connectivity index (χ4n) is 4.73. The Labute approximate surface area is 162 Å². The molecule has 2 aliphatic carbocycles. The largest absolute Gasteiger partial charge is 0.419 e. The van der Waals surface area contributed by atoms with Crippen LogP contribution in [0.3, 0.4) is 0 Å². The lowest BCUT2D eigenvalue weighted by Gasteiger charge is -2.22. The van der Waals surface area contributed by atoms with E-state index < -0.39 is 17.6 Å². The van der Waals surface area contributed by atoms with Gasteiger partial charge in [0.1, 0.15) is 5.82 Å². The van der Waals surface area contributed by atoms with Crippen molar-refractivity contribution in [2.45, 2.75) is 50.9 Å². The fraction of sp³-hybridized carbons (Fsp3) is 0.600. The number of aromatic nitrogens is 3. The van der Waals surface area contributed by atoms with Crippen LogP contribution in [-0.2, 0) is 6.18 Å². The van der Waals surface area contributed by atoms with Gasteiger partial charge >= 0.3 is 6.18 Å². The van der Waals surface area contributed by atoms with E-state index in [-0.39, 0.29) is 6.04 Å². The summed E-state index contributed by atoms with van der Waals surface area (Å²) >= 11 is 0. The van der Waals surface area contributed by atoms with E-state index >= 15 is 0 Å².